The smallest absolute Gasteiger partial charge is 0.179 e. The molecular formula is C4H9NO2. The Morgan fingerprint density at radius 3 is 2.29 bits per heavy atom. The molecule has 0 saturated carbocycles. The average molecular weight is 103 g/mol. The Morgan fingerprint density at radius 1 is 1.86 bits per heavy atom. The van der Waals surface area contributed by atoms with Gasteiger partial charge in [0.2, 0.25) is 0 Å². The summed E-state index contributed by atoms with van der Waals surface area (Å²) in [4.78, 5) is 0. The summed E-state index contributed by atoms with van der Waals surface area (Å²) in [5.41, 5.74) is 0. The van der Waals surface area contributed by atoms with Gasteiger partial charge in [0.05, 0.1) is 0 Å². The lowest BCUT2D eigenvalue weighted by atomic mass is 10.5. The van der Waals surface area contributed by atoms with E-state index in [-0.39, 0.29) is 0 Å². The lowest BCUT2D eigenvalue weighted by molar-refractivity contribution is -0.420. The van der Waals surface area contributed by atoms with Crippen LogP contribution in [-0.2, 0) is 0 Å². The number of rotatable bonds is 1. The SMILES string of the molecule is C[C@H](O)/C=[N+](/C)[O-]. The molecule has 0 unspecified atom stereocenters. The molecule has 0 fully saturated rings. The summed E-state index contributed by atoms with van der Waals surface area (Å²) < 4.78 is 0.574. The number of aliphatic hydroxyl groups excluding tert-OH is 1. The van der Waals surface area contributed by atoms with Gasteiger partial charge < -0.3 is 10.3 Å². The first-order chi connectivity index (χ1) is 3.13. The number of aliphatic hydroxyl groups is 1. The highest BCUT2D eigenvalue weighted by molar-refractivity contribution is 5.56. The van der Waals surface area contributed by atoms with E-state index in [1.54, 1.807) is 0 Å². The highest BCUT2D eigenvalue weighted by Crippen LogP contribution is 1.68. The number of hydrogen-bond acceptors (Lipinski definition) is 2. The standard InChI is InChI=1S/C4H9NO2/c1-4(6)3-5(2)7/h3-4,6H,1-2H3/b5-3-/t4-/m0/s1. The maximum absolute atomic E-state index is 9.96. The van der Waals surface area contributed by atoms with Crippen molar-refractivity contribution < 1.29 is 9.85 Å². The van der Waals surface area contributed by atoms with E-state index in [1.807, 2.05) is 0 Å². The molecule has 0 saturated heterocycles. The molecule has 3 nitrogen and oxygen atoms in total. The Labute approximate surface area is 42.5 Å². The highest BCUT2D eigenvalue weighted by Gasteiger charge is 1.89. The molecule has 0 heterocycles. The van der Waals surface area contributed by atoms with Crippen LogP contribution in [0.25, 0.3) is 0 Å². The van der Waals surface area contributed by atoms with E-state index in [2.05, 4.69) is 0 Å². The van der Waals surface area contributed by atoms with Crippen LogP contribution >= 0.6 is 0 Å². The fourth-order valence-corrected chi connectivity index (χ4v) is 0.304. The Bertz CT molecular complexity index is 73.8. The molecule has 3 heteroatoms. The van der Waals surface area contributed by atoms with Gasteiger partial charge in [0.1, 0.15) is 13.2 Å². The van der Waals surface area contributed by atoms with E-state index in [0.717, 1.165) is 0 Å². The maximum Gasteiger partial charge on any atom is 0.179 e. The summed E-state index contributed by atoms with van der Waals surface area (Å²) in [5.74, 6) is 0. The molecule has 0 spiro atoms. The summed E-state index contributed by atoms with van der Waals surface area (Å²) in [6.45, 7) is 1.52. The third-order valence-electron chi connectivity index (χ3n) is 0.426. The van der Waals surface area contributed by atoms with Crippen LogP contribution in [0.15, 0.2) is 0 Å². The Kier molecular flexibility index (Phi) is 2.37. The van der Waals surface area contributed by atoms with E-state index >= 15 is 0 Å². The molecule has 0 aromatic heterocycles. The topological polar surface area (TPSA) is 46.3 Å². The minimum Gasteiger partial charge on any atom is -0.624 e. The Balaban J connectivity index is 3.45. The normalized spacial score (nSPS) is 16.7. The predicted molar refractivity (Wildman–Crippen MR) is 27.3 cm³/mol. The molecule has 0 radical (unpaired) electrons. The van der Waals surface area contributed by atoms with Gasteiger partial charge in [-0.25, -0.2) is 4.74 Å². The average Bonchev–Trinajstić information content (AvgIpc) is 1.27. The van der Waals surface area contributed by atoms with Gasteiger partial charge in [-0.3, -0.25) is 0 Å². The molecule has 7 heavy (non-hydrogen) atoms. The van der Waals surface area contributed by atoms with Crippen molar-refractivity contribution in [3.8, 4) is 0 Å². The Morgan fingerprint density at radius 2 is 2.29 bits per heavy atom. The summed E-state index contributed by atoms with van der Waals surface area (Å²) in [6, 6.07) is 0. The van der Waals surface area contributed by atoms with Crippen molar-refractivity contribution in [3.63, 3.8) is 0 Å². The van der Waals surface area contributed by atoms with Crippen molar-refractivity contribution in [1.29, 1.82) is 0 Å². The molecule has 1 atom stereocenters. The van der Waals surface area contributed by atoms with Crippen molar-refractivity contribution in [1.82, 2.24) is 0 Å². The number of hydrogen-bond donors (Lipinski definition) is 1. The fraction of sp³-hybridized carbons (Fsp3) is 0.750. The van der Waals surface area contributed by atoms with Gasteiger partial charge in [0.25, 0.3) is 0 Å². The van der Waals surface area contributed by atoms with Crippen molar-refractivity contribution in [2.24, 2.45) is 0 Å². The van der Waals surface area contributed by atoms with Gasteiger partial charge in [-0.1, -0.05) is 0 Å². The van der Waals surface area contributed by atoms with Gasteiger partial charge in [-0.2, -0.15) is 0 Å². The number of nitrogens with zero attached hydrogens (tertiary/aromatic N) is 1. The quantitative estimate of drug-likeness (QED) is 0.212. The van der Waals surface area contributed by atoms with Crippen LogP contribution in [0.1, 0.15) is 6.92 Å². The lowest BCUT2D eigenvalue weighted by Crippen LogP contribution is -2.09. The van der Waals surface area contributed by atoms with Crippen LogP contribution < -0.4 is 0 Å². The van der Waals surface area contributed by atoms with Gasteiger partial charge in [-0.15, -0.1) is 0 Å². The van der Waals surface area contributed by atoms with Crippen LogP contribution in [0.4, 0.5) is 0 Å². The second kappa shape index (κ2) is 2.58. The van der Waals surface area contributed by atoms with Crippen LogP contribution in [0.5, 0.6) is 0 Å². The first-order valence-electron chi connectivity index (χ1n) is 2.06. The molecule has 0 aliphatic heterocycles. The fourth-order valence-electron chi connectivity index (χ4n) is 0.304. The molecule has 0 amide bonds. The van der Waals surface area contributed by atoms with E-state index in [9.17, 15) is 5.21 Å². The van der Waals surface area contributed by atoms with Gasteiger partial charge in [0.15, 0.2) is 6.21 Å². The molecule has 0 aromatic rings. The van der Waals surface area contributed by atoms with E-state index in [4.69, 9.17) is 5.11 Å². The number of hydroxylamine groups is 1. The molecule has 0 aliphatic rings. The Hall–Kier alpha value is -0.570. The second-order valence-electron chi connectivity index (χ2n) is 1.44. The van der Waals surface area contributed by atoms with Gasteiger partial charge in [0, 0.05) is 0 Å². The molecule has 0 aromatic carbocycles. The third kappa shape index (κ3) is 5.43. The molecule has 0 aliphatic carbocycles. The zero-order valence-corrected chi connectivity index (χ0v) is 4.46. The van der Waals surface area contributed by atoms with E-state index in [0.29, 0.717) is 4.74 Å². The summed E-state index contributed by atoms with van der Waals surface area (Å²) in [5, 5.41) is 18.4. The first kappa shape index (κ1) is 6.43. The molecular weight excluding hydrogens is 94.0 g/mol. The minimum absolute atomic E-state index is 0.574. The predicted octanol–water partition coefficient (Wildman–Crippen LogP) is -0.422. The zero-order chi connectivity index (χ0) is 5.86. The van der Waals surface area contributed by atoms with Crippen LogP contribution in [0.2, 0.25) is 0 Å². The van der Waals surface area contributed by atoms with E-state index in [1.165, 1.54) is 20.2 Å². The zero-order valence-electron chi connectivity index (χ0n) is 4.46. The van der Waals surface area contributed by atoms with Crippen molar-refractivity contribution in [3.05, 3.63) is 5.21 Å². The minimum atomic E-state index is -0.637. The van der Waals surface area contributed by atoms with Crippen molar-refractivity contribution in [2.45, 2.75) is 13.0 Å². The van der Waals surface area contributed by atoms with Gasteiger partial charge >= 0.3 is 0 Å². The van der Waals surface area contributed by atoms with Crippen molar-refractivity contribution in [2.75, 3.05) is 7.05 Å². The highest BCUT2D eigenvalue weighted by atomic mass is 16.5. The molecule has 42 valence electrons. The van der Waals surface area contributed by atoms with E-state index < -0.39 is 6.10 Å². The maximum atomic E-state index is 9.96. The lowest BCUT2D eigenvalue weighted by Gasteiger charge is -1.94. The van der Waals surface area contributed by atoms with Gasteiger partial charge in [-0.05, 0) is 6.92 Å². The van der Waals surface area contributed by atoms with Crippen molar-refractivity contribution >= 4 is 6.21 Å². The third-order valence-corrected chi connectivity index (χ3v) is 0.426. The summed E-state index contributed by atoms with van der Waals surface area (Å²) in [7, 11) is 1.33. The largest absolute Gasteiger partial charge is 0.624 e. The second-order valence-corrected chi connectivity index (χ2v) is 1.44. The molecule has 1 N–H and O–H groups in total. The van der Waals surface area contributed by atoms with Crippen LogP contribution in [-0.4, -0.2) is 29.2 Å². The summed E-state index contributed by atoms with van der Waals surface area (Å²) in [6.07, 6.45) is 0.530. The molecule has 0 bridgehead atoms. The monoisotopic (exact) mass is 103 g/mol. The first-order valence-corrected chi connectivity index (χ1v) is 2.06. The van der Waals surface area contributed by atoms with Crippen LogP contribution in [0.3, 0.4) is 0 Å². The summed E-state index contributed by atoms with van der Waals surface area (Å²) >= 11 is 0. The van der Waals surface area contributed by atoms with Crippen LogP contribution in [0, 0.1) is 5.21 Å². The molecule has 0 rings (SSSR count).